The van der Waals surface area contributed by atoms with Crippen LogP contribution in [0.3, 0.4) is 0 Å². The number of amidine groups is 1. The van der Waals surface area contributed by atoms with Gasteiger partial charge in [-0.2, -0.15) is 0 Å². The summed E-state index contributed by atoms with van der Waals surface area (Å²) in [6, 6.07) is 14.0. The van der Waals surface area contributed by atoms with Gasteiger partial charge in [-0.3, -0.25) is 19.8 Å². The highest BCUT2D eigenvalue weighted by Gasteiger charge is 2.52. The minimum atomic E-state index is -3.30. The molecule has 2 aliphatic heterocycles. The van der Waals surface area contributed by atoms with Gasteiger partial charge in [0.15, 0.2) is 15.6 Å². The predicted molar refractivity (Wildman–Crippen MR) is 159 cm³/mol. The number of rotatable bonds is 9. The van der Waals surface area contributed by atoms with Crippen molar-refractivity contribution in [2.75, 3.05) is 32.6 Å². The zero-order valence-electron chi connectivity index (χ0n) is 23.3. The van der Waals surface area contributed by atoms with E-state index >= 15 is 0 Å². The summed E-state index contributed by atoms with van der Waals surface area (Å²) in [5.74, 6) is -2.43. The minimum absolute atomic E-state index is 0.0557. The number of sulfone groups is 1. The van der Waals surface area contributed by atoms with Crippen LogP contribution in [0.1, 0.15) is 27.2 Å². The fourth-order valence-electron chi connectivity index (χ4n) is 5.02. The molecule has 5 N–H and O–H groups in total. The van der Waals surface area contributed by atoms with E-state index < -0.39 is 33.5 Å². The van der Waals surface area contributed by atoms with Crippen LogP contribution in [0.2, 0.25) is 0 Å². The molecular formula is C29H31N5O7S2. The van der Waals surface area contributed by atoms with Crippen molar-refractivity contribution in [3.8, 4) is 11.1 Å². The van der Waals surface area contributed by atoms with Crippen LogP contribution in [0.15, 0.2) is 64.9 Å². The minimum Gasteiger partial charge on any atom is -0.384 e. The Balaban J connectivity index is 1.20. The number of nitrogens with one attached hydrogen (secondary N) is 3. The Kier molecular flexibility index (Phi) is 8.64. The first-order valence-electron chi connectivity index (χ1n) is 13.4. The Morgan fingerprint density at radius 1 is 1.02 bits per heavy atom. The topological polar surface area (TPSA) is 181 Å². The van der Waals surface area contributed by atoms with Gasteiger partial charge in [-0.25, -0.2) is 8.42 Å². The lowest BCUT2D eigenvalue weighted by molar-refractivity contribution is -0.152. The zero-order valence-corrected chi connectivity index (χ0v) is 24.9. The maximum atomic E-state index is 13.3. The van der Waals surface area contributed by atoms with E-state index in [1.54, 1.807) is 47.8 Å². The van der Waals surface area contributed by atoms with Gasteiger partial charge in [0.25, 0.3) is 5.91 Å². The molecule has 3 aromatic rings. The number of hydrogen-bond donors (Lipinski definition) is 4. The van der Waals surface area contributed by atoms with Crippen molar-refractivity contribution in [1.29, 1.82) is 5.41 Å². The second-order valence-electron chi connectivity index (χ2n) is 10.3. The molecule has 2 saturated heterocycles. The smallest absolute Gasteiger partial charge is 0.251 e. The average Bonchev–Trinajstić information content (AvgIpc) is 3.75. The molecule has 1 atom stereocenters. The van der Waals surface area contributed by atoms with Crippen LogP contribution in [0.25, 0.3) is 11.1 Å². The molecule has 3 amide bonds. The van der Waals surface area contributed by atoms with Gasteiger partial charge in [0.1, 0.15) is 11.9 Å². The number of carbonyl (C=O) groups excluding carboxylic acids is 3. The summed E-state index contributed by atoms with van der Waals surface area (Å²) in [4.78, 5) is 41.7. The van der Waals surface area contributed by atoms with E-state index in [0.717, 1.165) is 22.3 Å². The summed E-state index contributed by atoms with van der Waals surface area (Å²) >= 11 is 1.36. The molecule has 1 aromatic heterocycles. The van der Waals surface area contributed by atoms with Gasteiger partial charge in [0.2, 0.25) is 11.8 Å². The third-order valence-corrected chi connectivity index (χ3v) is 9.36. The highest BCUT2D eigenvalue weighted by molar-refractivity contribution is 7.90. The highest BCUT2D eigenvalue weighted by atomic mass is 32.2. The third-order valence-electron chi connectivity index (χ3n) is 7.29. The number of benzene rings is 2. The average molecular weight is 626 g/mol. The molecule has 14 heteroatoms. The first-order valence-corrected chi connectivity index (χ1v) is 16.2. The number of nitrogens with zero attached hydrogens (tertiary/aromatic N) is 1. The molecule has 3 heterocycles. The van der Waals surface area contributed by atoms with E-state index in [0.29, 0.717) is 24.3 Å². The van der Waals surface area contributed by atoms with E-state index in [1.807, 2.05) is 0 Å². The maximum absolute atomic E-state index is 13.3. The Morgan fingerprint density at radius 3 is 2.23 bits per heavy atom. The van der Waals surface area contributed by atoms with Crippen molar-refractivity contribution in [2.45, 2.75) is 29.7 Å². The number of amides is 3. The molecule has 2 aromatic carbocycles. The van der Waals surface area contributed by atoms with Crippen LogP contribution in [0, 0.1) is 5.41 Å². The summed E-state index contributed by atoms with van der Waals surface area (Å²) < 4.78 is 34.9. The highest BCUT2D eigenvalue weighted by Crippen LogP contribution is 2.35. The summed E-state index contributed by atoms with van der Waals surface area (Å²) in [5.41, 5.74) is 8.01. The molecule has 0 saturated carbocycles. The van der Waals surface area contributed by atoms with Crippen LogP contribution < -0.4 is 16.4 Å². The van der Waals surface area contributed by atoms with Gasteiger partial charge in [-0.1, -0.05) is 24.3 Å². The van der Waals surface area contributed by atoms with Gasteiger partial charge < -0.3 is 30.7 Å². The van der Waals surface area contributed by atoms with Crippen molar-refractivity contribution < 1.29 is 32.3 Å². The fourth-order valence-corrected chi connectivity index (χ4v) is 6.47. The molecule has 43 heavy (non-hydrogen) atoms. The molecule has 226 valence electrons. The molecular weight excluding hydrogens is 594 g/mol. The van der Waals surface area contributed by atoms with E-state index in [-0.39, 0.29) is 42.7 Å². The summed E-state index contributed by atoms with van der Waals surface area (Å²) in [7, 11) is -3.30. The van der Waals surface area contributed by atoms with Gasteiger partial charge in [0, 0.05) is 34.1 Å². The number of ether oxygens (including phenoxy) is 2. The standard InChI is InChI=1S/C29H31N5O7S2/c1-43(38,39)23-8-6-19(7-9-23)18-2-4-20(5-3-18)27(36)33-15-25(35)34-17-29(40-10-11-41-29)13-24(34)28(37)32-14-22-12-21(16-42-22)26(30)31/h2-9,12,16,24H,10-11,13-15,17H2,1H3,(H3,30,31)(H,32,37)(H,33,36). The zero-order chi connectivity index (χ0) is 30.8. The van der Waals surface area contributed by atoms with Crippen LogP contribution in [0.5, 0.6) is 0 Å². The lowest BCUT2D eigenvalue weighted by Crippen LogP contribution is -2.49. The van der Waals surface area contributed by atoms with E-state index in [1.165, 1.54) is 28.4 Å². The van der Waals surface area contributed by atoms with E-state index in [9.17, 15) is 22.8 Å². The number of likely N-dealkylation sites (tertiary alicyclic amines) is 1. The lowest BCUT2D eigenvalue weighted by Gasteiger charge is -2.24. The number of thiophene rings is 1. The first-order chi connectivity index (χ1) is 20.4. The van der Waals surface area contributed by atoms with Gasteiger partial charge in [-0.15, -0.1) is 11.3 Å². The predicted octanol–water partition coefficient (Wildman–Crippen LogP) is 1.49. The number of carbonyl (C=O) groups is 3. The van der Waals surface area contributed by atoms with Gasteiger partial charge >= 0.3 is 0 Å². The van der Waals surface area contributed by atoms with Crippen LogP contribution in [-0.2, 0) is 35.4 Å². The van der Waals surface area contributed by atoms with Gasteiger partial charge in [0.05, 0.1) is 37.7 Å². The molecule has 2 aliphatic rings. The normalized spacial score (nSPS) is 17.6. The monoisotopic (exact) mass is 625 g/mol. The van der Waals surface area contributed by atoms with Crippen molar-refractivity contribution in [3.63, 3.8) is 0 Å². The molecule has 1 unspecified atom stereocenters. The first kappa shape index (κ1) is 30.4. The third kappa shape index (κ3) is 6.94. The summed E-state index contributed by atoms with van der Waals surface area (Å²) in [6.07, 6.45) is 1.31. The molecule has 12 nitrogen and oxygen atoms in total. The van der Waals surface area contributed by atoms with Gasteiger partial charge in [-0.05, 0) is 41.5 Å². The molecule has 1 spiro atoms. The Bertz CT molecular complexity index is 1650. The largest absolute Gasteiger partial charge is 0.384 e. The molecule has 0 aliphatic carbocycles. The fraction of sp³-hybridized carbons (Fsp3) is 0.310. The number of nitrogen functional groups attached to an aromatic ring is 1. The second-order valence-corrected chi connectivity index (χ2v) is 13.4. The van der Waals surface area contributed by atoms with Crippen LogP contribution in [0.4, 0.5) is 0 Å². The van der Waals surface area contributed by atoms with E-state index in [4.69, 9.17) is 20.6 Å². The number of hydrogen-bond acceptors (Lipinski definition) is 9. The Labute approximate surface area is 252 Å². The molecule has 5 rings (SSSR count). The molecule has 0 bridgehead atoms. The Hall–Kier alpha value is -4.11. The van der Waals surface area contributed by atoms with Crippen LogP contribution in [-0.4, -0.2) is 81.3 Å². The SMILES string of the molecule is CS(=O)(=O)c1ccc(-c2ccc(C(=O)NCC(=O)N3CC4(CC3C(=O)NCc3cc(C(=N)N)cs3)OCCO4)cc2)cc1. The van der Waals surface area contributed by atoms with Crippen LogP contribution >= 0.6 is 11.3 Å². The molecule has 0 radical (unpaired) electrons. The van der Waals surface area contributed by atoms with Crippen molar-refractivity contribution in [3.05, 3.63) is 76.0 Å². The summed E-state index contributed by atoms with van der Waals surface area (Å²) in [6.45, 7) is 0.640. The van der Waals surface area contributed by atoms with E-state index in [2.05, 4.69) is 10.6 Å². The lowest BCUT2D eigenvalue weighted by atomic mass is 10.0. The van der Waals surface area contributed by atoms with Crippen molar-refractivity contribution in [2.24, 2.45) is 5.73 Å². The number of nitrogens with two attached hydrogens (primary N) is 1. The summed E-state index contributed by atoms with van der Waals surface area (Å²) in [5, 5.41) is 14.7. The Morgan fingerprint density at radius 2 is 1.65 bits per heavy atom. The molecule has 2 fully saturated rings. The van der Waals surface area contributed by atoms with Crippen molar-refractivity contribution in [1.82, 2.24) is 15.5 Å². The quantitative estimate of drug-likeness (QED) is 0.204. The second kappa shape index (κ2) is 12.2. The van der Waals surface area contributed by atoms with Crippen molar-refractivity contribution >= 4 is 44.7 Å². The maximum Gasteiger partial charge on any atom is 0.251 e.